The van der Waals surface area contributed by atoms with Crippen molar-refractivity contribution in [2.45, 2.75) is 52.4 Å². The lowest BCUT2D eigenvalue weighted by atomic mass is 9.75. The van der Waals surface area contributed by atoms with E-state index in [9.17, 15) is 4.79 Å². The number of alkyl halides is 1. The second-order valence-electron chi connectivity index (χ2n) is 5.41. The summed E-state index contributed by atoms with van der Waals surface area (Å²) >= 11 is 3.43. The summed E-state index contributed by atoms with van der Waals surface area (Å²) in [4.78, 5) is 12.1. The van der Waals surface area contributed by atoms with Crippen molar-refractivity contribution in [2.75, 3.05) is 11.9 Å². The molecule has 0 spiro atoms. The van der Waals surface area contributed by atoms with Gasteiger partial charge in [-0.05, 0) is 25.2 Å². The van der Waals surface area contributed by atoms with Crippen LogP contribution in [0.4, 0.5) is 0 Å². The summed E-state index contributed by atoms with van der Waals surface area (Å²) in [5.74, 6) is 0.837. The van der Waals surface area contributed by atoms with Crippen LogP contribution in [0.5, 0.6) is 0 Å². The normalized spacial score (nSPS) is 21.4. The van der Waals surface area contributed by atoms with Crippen molar-refractivity contribution in [3.05, 3.63) is 0 Å². The number of halogens is 1. The number of amides is 1. The molecule has 94 valence electrons. The van der Waals surface area contributed by atoms with E-state index in [0.717, 1.165) is 31.1 Å². The van der Waals surface area contributed by atoms with Gasteiger partial charge in [-0.1, -0.05) is 49.0 Å². The van der Waals surface area contributed by atoms with Crippen LogP contribution in [0.15, 0.2) is 0 Å². The molecule has 1 atom stereocenters. The van der Waals surface area contributed by atoms with Gasteiger partial charge < -0.3 is 5.32 Å². The van der Waals surface area contributed by atoms with Crippen LogP contribution < -0.4 is 5.32 Å². The highest BCUT2D eigenvalue weighted by Gasteiger charge is 2.34. The van der Waals surface area contributed by atoms with Crippen molar-refractivity contribution in [2.24, 2.45) is 11.3 Å². The molecule has 1 unspecified atom stereocenters. The molecule has 0 saturated heterocycles. The molecule has 2 nitrogen and oxygen atoms in total. The first-order chi connectivity index (χ1) is 7.58. The molecule has 1 aliphatic rings. The molecule has 16 heavy (non-hydrogen) atoms. The Balaban J connectivity index is 2.33. The zero-order valence-electron chi connectivity index (χ0n) is 10.5. The van der Waals surface area contributed by atoms with Crippen molar-refractivity contribution in [3.8, 4) is 0 Å². The van der Waals surface area contributed by atoms with Gasteiger partial charge in [0.25, 0.3) is 0 Å². The van der Waals surface area contributed by atoms with Gasteiger partial charge in [-0.3, -0.25) is 4.79 Å². The molecule has 0 aromatic heterocycles. The van der Waals surface area contributed by atoms with Crippen LogP contribution in [0.25, 0.3) is 0 Å². The van der Waals surface area contributed by atoms with Crippen molar-refractivity contribution in [1.29, 1.82) is 0 Å². The highest BCUT2D eigenvalue weighted by Crippen LogP contribution is 2.35. The third kappa shape index (κ3) is 4.08. The first kappa shape index (κ1) is 14.0. The smallest absolute Gasteiger partial charge is 0.225 e. The standard InChI is InChI=1S/C13H24BrNO/c1-11(6-9-14)10-15-12(16)13(2)7-4-3-5-8-13/h11H,3-10H2,1-2H3,(H,15,16). The summed E-state index contributed by atoms with van der Waals surface area (Å²) in [6.07, 6.45) is 6.96. The topological polar surface area (TPSA) is 29.1 Å². The van der Waals surface area contributed by atoms with Gasteiger partial charge in [0.15, 0.2) is 0 Å². The van der Waals surface area contributed by atoms with E-state index in [4.69, 9.17) is 0 Å². The van der Waals surface area contributed by atoms with Crippen LogP contribution in [-0.4, -0.2) is 17.8 Å². The zero-order chi connectivity index (χ0) is 12.0. The maximum Gasteiger partial charge on any atom is 0.225 e. The number of hydrogen-bond donors (Lipinski definition) is 1. The maximum absolute atomic E-state index is 12.1. The minimum absolute atomic E-state index is 0.0909. The largest absolute Gasteiger partial charge is 0.355 e. The van der Waals surface area contributed by atoms with Gasteiger partial charge in [0, 0.05) is 17.3 Å². The molecule has 1 rings (SSSR count). The molecule has 1 fully saturated rings. The molecule has 1 amide bonds. The van der Waals surface area contributed by atoms with Crippen LogP contribution in [0.1, 0.15) is 52.4 Å². The molecular weight excluding hydrogens is 266 g/mol. The fourth-order valence-corrected chi connectivity index (χ4v) is 3.11. The van der Waals surface area contributed by atoms with Crippen molar-refractivity contribution < 1.29 is 4.79 Å². The maximum atomic E-state index is 12.1. The van der Waals surface area contributed by atoms with Gasteiger partial charge in [-0.2, -0.15) is 0 Å². The highest BCUT2D eigenvalue weighted by molar-refractivity contribution is 9.09. The fourth-order valence-electron chi connectivity index (χ4n) is 2.33. The Morgan fingerprint density at radius 1 is 1.38 bits per heavy atom. The van der Waals surface area contributed by atoms with E-state index in [1.807, 2.05) is 0 Å². The number of hydrogen-bond acceptors (Lipinski definition) is 1. The predicted octanol–water partition coefficient (Wildman–Crippen LogP) is 3.49. The molecule has 1 aliphatic carbocycles. The summed E-state index contributed by atoms with van der Waals surface area (Å²) in [5, 5.41) is 4.13. The third-order valence-corrected chi connectivity index (χ3v) is 4.18. The van der Waals surface area contributed by atoms with E-state index in [1.54, 1.807) is 0 Å². The lowest BCUT2D eigenvalue weighted by Gasteiger charge is -2.32. The van der Waals surface area contributed by atoms with Gasteiger partial charge in [-0.15, -0.1) is 0 Å². The van der Waals surface area contributed by atoms with Crippen LogP contribution in [0.3, 0.4) is 0 Å². The molecule has 3 heteroatoms. The monoisotopic (exact) mass is 289 g/mol. The van der Waals surface area contributed by atoms with Crippen LogP contribution in [-0.2, 0) is 4.79 Å². The Hall–Kier alpha value is -0.0500. The summed E-state index contributed by atoms with van der Waals surface area (Å²) in [5.41, 5.74) is -0.0909. The molecule has 0 aliphatic heterocycles. The molecule has 0 bridgehead atoms. The minimum Gasteiger partial charge on any atom is -0.355 e. The number of nitrogens with one attached hydrogen (secondary N) is 1. The van der Waals surface area contributed by atoms with E-state index in [-0.39, 0.29) is 11.3 Å². The summed E-state index contributed by atoms with van der Waals surface area (Å²) in [6, 6.07) is 0. The van der Waals surface area contributed by atoms with Gasteiger partial charge in [0.1, 0.15) is 0 Å². The van der Waals surface area contributed by atoms with E-state index in [1.165, 1.54) is 19.3 Å². The second kappa shape index (κ2) is 6.63. The van der Waals surface area contributed by atoms with Gasteiger partial charge in [0.2, 0.25) is 5.91 Å². The Labute approximate surface area is 108 Å². The molecule has 0 aromatic carbocycles. The quantitative estimate of drug-likeness (QED) is 0.771. The summed E-state index contributed by atoms with van der Waals surface area (Å²) in [7, 11) is 0. The van der Waals surface area contributed by atoms with E-state index < -0.39 is 0 Å². The fraction of sp³-hybridized carbons (Fsp3) is 0.923. The Bertz CT molecular complexity index is 224. The van der Waals surface area contributed by atoms with E-state index >= 15 is 0 Å². The third-order valence-electron chi connectivity index (χ3n) is 3.72. The van der Waals surface area contributed by atoms with E-state index in [0.29, 0.717) is 5.92 Å². The molecule has 1 N–H and O–H groups in total. The molecule has 0 heterocycles. The minimum atomic E-state index is -0.0909. The molecule has 0 aromatic rings. The number of carbonyl (C=O) groups excluding carboxylic acids is 1. The lowest BCUT2D eigenvalue weighted by molar-refractivity contribution is -0.132. The van der Waals surface area contributed by atoms with Crippen molar-refractivity contribution in [3.63, 3.8) is 0 Å². The van der Waals surface area contributed by atoms with E-state index in [2.05, 4.69) is 35.1 Å². The van der Waals surface area contributed by atoms with Crippen LogP contribution in [0.2, 0.25) is 0 Å². The summed E-state index contributed by atoms with van der Waals surface area (Å²) in [6.45, 7) is 5.13. The highest BCUT2D eigenvalue weighted by atomic mass is 79.9. The van der Waals surface area contributed by atoms with Gasteiger partial charge in [-0.25, -0.2) is 0 Å². The first-order valence-electron chi connectivity index (χ1n) is 6.43. The van der Waals surface area contributed by atoms with Gasteiger partial charge >= 0.3 is 0 Å². The van der Waals surface area contributed by atoms with Crippen molar-refractivity contribution >= 4 is 21.8 Å². The predicted molar refractivity (Wildman–Crippen MR) is 71.8 cm³/mol. The van der Waals surface area contributed by atoms with Gasteiger partial charge in [0.05, 0.1) is 0 Å². The molecular formula is C13H24BrNO. The zero-order valence-corrected chi connectivity index (χ0v) is 12.1. The first-order valence-corrected chi connectivity index (χ1v) is 7.55. The number of carbonyl (C=O) groups is 1. The second-order valence-corrected chi connectivity index (χ2v) is 6.21. The number of rotatable bonds is 5. The van der Waals surface area contributed by atoms with Crippen LogP contribution in [0, 0.1) is 11.3 Å². The van der Waals surface area contributed by atoms with Crippen LogP contribution >= 0.6 is 15.9 Å². The Morgan fingerprint density at radius 2 is 2.00 bits per heavy atom. The SMILES string of the molecule is CC(CCBr)CNC(=O)C1(C)CCCCC1. The Kier molecular flexibility index (Phi) is 5.81. The molecule has 0 radical (unpaired) electrons. The average Bonchev–Trinajstić information content (AvgIpc) is 2.27. The van der Waals surface area contributed by atoms with Crippen molar-refractivity contribution in [1.82, 2.24) is 5.32 Å². The Morgan fingerprint density at radius 3 is 2.56 bits per heavy atom. The average molecular weight is 290 g/mol. The molecule has 1 saturated carbocycles. The summed E-state index contributed by atoms with van der Waals surface area (Å²) < 4.78 is 0. The lowest BCUT2D eigenvalue weighted by Crippen LogP contribution is -2.41.